The van der Waals surface area contributed by atoms with Crippen molar-refractivity contribution in [3.8, 4) is 22.6 Å². The highest BCUT2D eigenvalue weighted by Crippen LogP contribution is 2.51. The summed E-state index contributed by atoms with van der Waals surface area (Å²) < 4.78 is 21.1. The first-order valence-corrected chi connectivity index (χ1v) is 12.7. The van der Waals surface area contributed by atoms with Crippen LogP contribution in [-0.2, 0) is 31.0 Å². The number of anilines is 1. The van der Waals surface area contributed by atoms with Gasteiger partial charge in [0, 0.05) is 20.8 Å². The summed E-state index contributed by atoms with van der Waals surface area (Å²) in [5, 5.41) is 6.00. The van der Waals surface area contributed by atoms with E-state index in [1.54, 1.807) is 7.11 Å². The van der Waals surface area contributed by atoms with E-state index in [1.165, 1.54) is 0 Å². The van der Waals surface area contributed by atoms with Crippen molar-refractivity contribution < 1.29 is 30.0 Å². The predicted molar refractivity (Wildman–Crippen MR) is 145 cm³/mol. The Labute approximate surface area is 223 Å². The van der Waals surface area contributed by atoms with E-state index in [9.17, 15) is 9.59 Å². The molecule has 2 amide bonds. The lowest BCUT2D eigenvalue weighted by molar-refractivity contribution is -0.126. The lowest BCUT2D eigenvalue weighted by Crippen LogP contribution is -2.27. The lowest BCUT2D eigenvalue weighted by atomic mass is 9.94. The standard InChI is InChI=1S/C30H32N2O6.H2/c1-20-3-9-24(32-29(34)30(11-12-30)23-8-10-26-27(15-23)38-19-37-26)16-25(20)22-6-4-21(5-7-22)17-31-28(33)18-36-14-13-35-2;/h3-10,15-16H,11-14,17-19H2,1-2H3,(H,31,33)(H,32,34);1H. The van der Waals surface area contributed by atoms with E-state index < -0.39 is 5.41 Å². The smallest absolute Gasteiger partial charge is 0.246 e. The van der Waals surface area contributed by atoms with Crippen LogP contribution in [0.5, 0.6) is 11.5 Å². The van der Waals surface area contributed by atoms with Crippen molar-refractivity contribution >= 4 is 17.5 Å². The van der Waals surface area contributed by atoms with Gasteiger partial charge in [-0.3, -0.25) is 9.59 Å². The van der Waals surface area contributed by atoms with E-state index in [1.807, 2.05) is 67.6 Å². The van der Waals surface area contributed by atoms with Gasteiger partial charge in [-0.2, -0.15) is 0 Å². The average Bonchev–Trinajstić information content (AvgIpc) is 3.62. The van der Waals surface area contributed by atoms with Crippen molar-refractivity contribution in [2.24, 2.45) is 0 Å². The molecule has 1 aliphatic heterocycles. The molecule has 1 heterocycles. The van der Waals surface area contributed by atoms with Crippen molar-refractivity contribution in [2.75, 3.05) is 39.0 Å². The van der Waals surface area contributed by atoms with E-state index in [0.717, 1.165) is 46.3 Å². The fraction of sp³-hybridized carbons (Fsp3) is 0.333. The normalized spacial score (nSPS) is 14.7. The minimum absolute atomic E-state index is 0. The number of carbonyl (C=O) groups is 2. The molecule has 0 unspecified atom stereocenters. The molecule has 2 aliphatic rings. The molecule has 8 nitrogen and oxygen atoms in total. The number of aryl methyl sites for hydroxylation is 1. The first kappa shape index (κ1) is 25.8. The Bertz CT molecular complexity index is 1320. The average molecular weight is 519 g/mol. The van der Waals surface area contributed by atoms with Crippen molar-refractivity contribution in [1.29, 1.82) is 0 Å². The van der Waals surface area contributed by atoms with Gasteiger partial charge in [0.15, 0.2) is 11.5 Å². The highest BCUT2D eigenvalue weighted by atomic mass is 16.7. The molecule has 0 atom stereocenters. The maximum absolute atomic E-state index is 13.4. The second-order valence-electron chi connectivity index (χ2n) is 9.65. The monoisotopic (exact) mass is 518 g/mol. The summed E-state index contributed by atoms with van der Waals surface area (Å²) >= 11 is 0. The van der Waals surface area contributed by atoms with Crippen LogP contribution in [0.3, 0.4) is 0 Å². The third-order valence-corrected chi connectivity index (χ3v) is 7.02. The number of ether oxygens (including phenoxy) is 4. The molecule has 1 fully saturated rings. The molecule has 1 saturated carbocycles. The molecule has 0 saturated heterocycles. The molecule has 0 spiro atoms. The minimum atomic E-state index is -0.535. The fourth-order valence-electron chi connectivity index (χ4n) is 4.59. The van der Waals surface area contributed by atoms with E-state index in [-0.39, 0.29) is 26.6 Å². The van der Waals surface area contributed by atoms with Crippen LogP contribution in [0.25, 0.3) is 11.1 Å². The van der Waals surface area contributed by atoms with Gasteiger partial charge in [-0.15, -0.1) is 0 Å². The topological polar surface area (TPSA) is 95.1 Å². The van der Waals surface area contributed by atoms with Gasteiger partial charge >= 0.3 is 0 Å². The third-order valence-electron chi connectivity index (χ3n) is 7.02. The summed E-state index contributed by atoms with van der Waals surface area (Å²) in [5.74, 6) is 1.23. The van der Waals surface area contributed by atoms with Crippen LogP contribution in [0.15, 0.2) is 60.7 Å². The Morgan fingerprint density at radius 3 is 2.53 bits per heavy atom. The van der Waals surface area contributed by atoms with Gasteiger partial charge in [-0.25, -0.2) is 0 Å². The number of fused-ring (bicyclic) bond motifs is 1. The Hall–Kier alpha value is -3.88. The largest absolute Gasteiger partial charge is 0.454 e. The Balaban J connectivity index is 0.00000353. The summed E-state index contributed by atoms with van der Waals surface area (Å²) in [5.41, 5.74) is 5.34. The highest BCUT2D eigenvalue weighted by Gasteiger charge is 2.51. The van der Waals surface area contributed by atoms with Crippen LogP contribution in [0.2, 0.25) is 0 Å². The zero-order valence-corrected chi connectivity index (χ0v) is 21.7. The maximum Gasteiger partial charge on any atom is 0.246 e. The molecular weight excluding hydrogens is 484 g/mol. The molecule has 3 aromatic rings. The number of hydrogen-bond acceptors (Lipinski definition) is 6. The fourth-order valence-corrected chi connectivity index (χ4v) is 4.59. The lowest BCUT2D eigenvalue weighted by Gasteiger charge is -2.17. The van der Waals surface area contributed by atoms with E-state index in [0.29, 0.717) is 31.3 Å². The van der Waals surface area contributed by atoms with Crippen molar-refractivity contribution in [3.05, 3.63) is 77.4 Å². The number of nitrogens with one attached hydrogen (secondary N) is 2. The van der Waals surface area contributed by atoms with Crippen LogP contribution in [-0.4, -0.2) is 45.5 Å². The molecule has 3 aromatic carbocycles. The highest BCUT2D eigenvalue weighted by molar-refractivity contribution is 6.02. The third kappa shape index (κ3) is 5.66. The number of hydrogen-bond donors (Lipinski definition) is 2. The molecule has 0 radical (unpaired) electrons. The molecule has 1 aliphatic carbocycles. The SMILES string of the molecule is COCCOCC(=O)NCc1ccc(-c2cc(NC(=O)C3(c4ccc5c(c4)OCO5)CC3)ccc2C)cc1.[HH]. The van der Waals surface area contributed by atoms with Crippen molar-refractivity contribution in [2.45, 2.75) is 31.7 Å². The quantitative estimate of drug-likeness (QED) is 0.361. The molecule has 5 rings (SSSR count). The van der Waals surface area contributed by atoms with Gasteiger partial charge in [0.2, 0.25) is 18.6 Å². The summed E-state index contributed by atoms with van der Waals surface area (Å²) in [6, 6.07) is 19.8. The number of carbonyl (C=O) groups excluding carboxylic acids is 2. The van der Waals surface area contributed by atoms with Crippen LogP contribution in [0, 0.1) is 6.92 Å². The second kappa shape index (κ2) is 11.2. The molecule has 0 aromatic heterocycles. The number of amides is 2. The minimum Gasteiger partial charge on any atom is -0.454 e. The molecule has 38 heavy (non-hydrogen) atoms. The Morgan fingerprint density at radius 2 is 1.76 bits per heavy atom. The van der Waals surface area contributed by atoms with E-state index >= 15 is 0 Å². The van der Waals surface area contributed by atoms with Gasteiger partial charge in [-0.05, 0) is 71.8 Å². The Kier molecular flexibility index (Phi) is 7.62. The van der Waals surface area contributed by atoms with Crippen LogP contribution in [0.1, 0.15) is 31.0 Å². The van der Waals surface area contributed by atoms with Crippen molar-refractivity contribution in [3.63, 3.8) is 0 Å². The van der Waals surface area contributed by atoms with Crippen molar-refractivity contribution in [1.82, 2.24) is 5.32 Å². The zero-order chi connectivity index (χ0) is 26.5. The summed E-state index contributed by atoms with van der Waals surface area (Å²) in [7, 11) is 1.59. The number of benzene rings is 3. The van der Waals surface area contributed by atoms with Crippen LogP contribution in [0.4, 0.5) is 5.69 Å². The van der Waals surface area contributed by atoms with E-state index in [4.69, 9.17) is 18.9 Å². The first-order chi connectivity index (χ1) is 18.5. The van der Waals surface area contributed by atoms with Gasteiger partial charge in [0.05, 0.1) is 18.6 Å². The maximum atomic E-state index is 13.4. The van der Waals surface area contributed by atoms with Crippen LogP contribution >= 0.6 is 0 Å². The van der Waals surface area contributed by atoms with Gasteiger partial charge in [0.25, 0.3) is 0 Å². The number of methoxy groups -OCH3 is 1. The van der Waals surface area contributed by atoms with Gasteiger partial charge in [0.1, 0.15) is 6.61 Å². The number of rotatable bonds is 11. The summed E-state index contributed by atoms with van der Waals surface area (Å²) in [6.45, 7) is 3.53. The molecule has 2 N–H and O–H groups in total. The Morgan fingerprint density at radius 1 is 0.974 bits per heavy atom. The first-order valence-electron chi connectivity index (χ1n) is 12.7. The second-order valence-corrected chi connectivity index (χ2v) is 9.65. The molecule has 8 heteroatoms. The van der Waals surface area contributed by atoms with Gasteiger partial charge < -0.3 is 29.6 Å². The molecular formula is C30H34N2O6. The van der Waals surface area contributed by atoms with E-state index in [2.05, 4.69) is 10.6 Å². The van der Waals surface area contributed by atoms with Crippen LogP contribution < -0.4 is 20.1 Å². The molecule has 200 valence electrons. The summed E-state index contributed by atoms with van der Waals surface area (Å²) in [6.07, 6.45) is 1.60. The molecule has 0 bridgehead atoms. The van der Waals surface area contributed by atoms with Gasteiger partial charge in [-0.1, -0.05) is 36.4 Å². The predicted octanol–water partition coefficient (Wildman–Crippen LogP) is 4.59. The zero-order valence-electron chi connectivity index (χ0n) is 21.7. The summed E-state index contributed by atoms with van der Waals surface area (Å²) in [4.78, 5) is 25.3.